The summed E-state index contributed by atoms with van der Waals surface area (Å²) in [5.74, 6) is 0.478. The van der Waals surface area contributed by atoms with Gasteiger partial charge in [-0.2, -0.15) is 0 Å². The van der Waals surface area contributed by atoms with Gasteiger partial charge in [-0.1, -0.05) is 19.8 Å². The van der Waals surface area contributed by atoms with E-state index in [-0.39, 0.29) is 5.41 Å². The Morgan fingerprint density at radius 2 is 2.00 bits per heavy atom. The molecule has 0 bridgehead atoms. The molecule has 2 saturated heterocycles. The summed E-state index contributed by atoms with van der Waals surface area (Å²) in [4.78, 5) is 15.0. The van der Waals surface area contributed by atoms with E-state index >= 15 is 0 Å². The first-order chi connectivity index (χ1) is 8.70. The van der Waals surface area contributed by atoms with Crippen LogP contribution in [0.25, 0.3) is 0 Å². The van der Waals surface area contributed by atoms with Gasteiger partial charge in [0.25, 0.3) is 0 Å². The second-order valence-electron chi connectivity index (χ2n) is 6.74. The number of amides is 1. The lowest BCUT2D eigenvalue weighted by molar-refractivity contribution is -0.141. The van der Waals surface area contributed by atoms with Gasteiger partial charge in [0.15, 0.2) is 0 Å². The normalized spacial score (nSPS) is 34.6. The molecule has 3 rings (SSSR count). The number of carbonyl (C=O) groups is 1. The maximum Gasteiger partial charge on any atom is 0.228 e. The third-order valence-corrected chi connectivity index (χ3v) is 5.75. The molecular formula is C15H26N2O. The molecular weight excluding hydrogens is 224 g/mol. The van der Waals surface area contributed by atoms with Gasteiger partial charge in [0.2, 0.25) is 5.91 Å². The van der Waals surface area contributed by atoms with Crippen LogP contribution in [0, 0.1) is 10.8 Å². The molecule has 0 aromatic heterocycles. The van der Waals surface area contributed by atoms with Crippen LogP contribution in [0.3, 0.4) is 0 Å². The van der Waals surface area contributed by atoms with Crippen LogP contribution in [0.15, 0.2) is 0 Å². The smallest absolute Gasteiger partial charge is 0.228 e. The minimum Gasteiger partial charge on any atom is -0.342 e. The highest BCUT2D eigenvalue weighted by Gasteiger charge is 2.47. The van der Waals surface area contributed by atoms with Crippen molar-refractivity contribution >= 4 is 5.91 Å². The number of hydrogen-bond acceptors (Lipinski definition) is 2. The second-order valence-corrected chi connectivity index (χ2v) is 6.74. The molecule has 2 aliphatic heterocycles. The average molecular weight is 250 g/mol. The summed E-state index contributed by atoms with van der Waals surface area (Å²) in [7, 11) is 0. The van der Waals surface area contributed by atoms with E-state index in [2.05, 4.69) is 17.1 Å². The first-order valence-electron chi connectivity index (χ1n) is 7.70. The minimum atomic E-state index is 0.0115. The molecule has 1 aliphatic carbocycles. The number of nitrogens with zero attached hydrogens (tertiary/aromatic N) is 1. The highest BCUT2D eigenvalue weighted by molar-refractivity contribution is 5.83. The van der Waals surface area contributed by atoms with E-state index in [4.69, 9.17) is 0 Å². The van der Waals surface area contributed by atoms with Crippen molar-refractivity contribution in [2.75, 3.05) is 26.2 Å². The van der Waals surface area contributed by atoms with E-state index in [1.165, 1.54) is 25.7 Å². The zero-order chi connectivity index (χ0) is 12.6. The van der Waals surface area contributed by atoms with E-state index in [1.54, 1.807) is 0 Å². The molecule has 3 aliphatic rings. The summed E-state index contributed by atoms with van der Waals surface area (Å²) in [6.07, 6.45) is 8.27. The summed E-state index contributed by atoms with van der Waals surface area (Å²) in [5.41, 5.74) is 0.431. The Hall–Kier alpha value is -0.570. The van der Waals surface area contributed by atoms with Gasteiger partial charge in [-0.25, -0.2) is 0 Å². The molecule has 1 N–H and O–H groups in total. The summed E-state index contributed by atoms with van der Waals surface area (Å²) in [6, 6.07) is 0. The lowest BCUT2D eigenvalue weighted by Crippen LogP contribution is -2.42. The Morgan fingerprint density at radius 1 is 1.22 bits per heavy atom. The molecule has 0 radical (unpaired) electrons. The first-order valence-corrected chi connectivity index (χ1v) is 7.70. The molecule has 0 aromatic carbocycles. The molecule has 1 amide bonds. The van der Waals surface area contributed by atoms with Crippen LogP contribution in [0.2, 0.25) is 0 Å². The van der Waals surface area contributed by atoms with Gasteiger partial charge in [-0.15, -0.1) is 0 Å². The largest absolute Gasteiger partial charge is 0.342 e. The maximum atomic E-state index is 12.8. The summed E-state index contributed by atoms with van der Waals surface area (Å²) >= 11 is 0. The molecule has 1 spiro atoms. The van der Waals surface area contributed by atoms with Crippen LogP contribution in [-0.2, 0) is 4.79 Å². The summed E-state index contributed by atoms with van der Waals surface area (Å²) in [6.45, 7) is 6.48. The molecule has 18 heavy (non-hydrogen) atoms. The second kappa shape index (κ2) is 4.52. The molecule has 1 atom stereocenters. The van der Waals surface area contributed by atoms with E-state index in [0.29, 0.717) is 11.3 Å². The maximum absolute atomic E-state index is 12.8. The average Bonchev–Trinajstić information content (AvgIpc) is 3.12. The highest BCUT2D eigenvalue weighted by atomic mass is 16.2. The van der Waals surface area contributed by atoms with Crippen LogP contribution in [0.4, 0.5) is 0 Å². The van der Waals surface area contributed by atoms with E-state index < -0.39 is 0 Å². The van der Waals surface area contributed by atoms with Crippen molar-refractivity contribution in [3.63, 3.8) is 0 Å². The van der Waals surface area contributed by atoms with Crippen LogP contribution in [0.5, 0.6) is 0 Å². The lowest BCUT2D eigenvalue weighted by atomic mass is 9.81. The van der Waals surface area contributed by atoms with Gasteiger partial charge in [-0.05, 0) is 38.6 Å². The number of nitrogens with one attached hydrogen (secondary N) is 1. The van der Waals surface area contributed by atoms with Crippen molar-refractivity contribution in [1.29, 1.82) is 0 Å². The number of rotatable bonds is 2. The van der Waals surface area contributed by atoms with Crippen molar-refractivity contribution in [3.8, 4) is 0 Å². The molecule has 102 valence electrons. The number of carbonyl (C=O) groups excluding carboxylic acids is 1. The molecule has 2 heterocycles. The zero-order valence-electron chi connectivity index (χ0n) is 11.6. The van der Waals surface area contributed by atoms with Gasteiger partial charge in [0.1, 0.15) is 0 Å². The molecule has 1 unspecified atom stereocenters. The minimum absolute atomic E-state index is 0.0115. The molecule has 3 heteroatoms. The lowest BCUT2D eigenvalue weighted by Gasteiger charge is -2.32. The third kappa shape index (κ3) is 1.87. The van der Waals surface area contributed by atoms with Crippen LogP contribution < -0.4 is 5.32 Å². The Bertz CT molecular complexity index is 327. The van der Waals surface area contributed by atoms with Crippen LogP contribution in [0.1, 0.15) is 51.9 Å². The molecule has 3 fully saturated rings. The monoisotopic (exact) mass is 250 g/mol. The predicted molar refractivity (Wildman–Crippen MR) is 72.3 cm³/mol. The zero-order valence-corrected chi connectivity index (χ0v) is 11.6. The summed E-state index contributed by atoms with van der Waals surface area (Å²) < 4.78 is 0. The van der Waals surface area contributed by atoms with Crippen molar-refractivity contribution in [1.82, 2.24) is 10.2 Å². The fourth-order valence-corrected chi connectivity index (χ4v) is 4.36. The van der Waals surface area contributed by atoms with E-state index in [9.17, 15) is 4.79 Å². The van der Waals surface area contributed by atoms with Crippen molar-refractivity contribution < 1.29 is 4.79 Å². The predicted octanol–water partition coefficient (Wildman–Crippen LogP) is 2.17. The van der Waals surface area contributed by atoms with Gasteiger partial charge in [0, 0.05) is 30.5 Å². The topological polar surface area (TPSA) is 32.3 Å². The Morgan fingerprint density at radius 3 is 2.61 bits per heavy atom. The Kier molecular flexibility index (Phi) is 3.13. The van der Waals surface area contributed by atoms with Crippen LogP contribution in [-0.4, -0.2) is 37.0 Å². The van der Waals surface area contributed by atoms with Crippen LogP contribution >= 0.6 is 0 Å². The standard InChI is InChI=1S/C15H26N2O/c1-2-15(5-3-4-6-15)13(18)17-10-8-14(12-17)7-9-16-11-14/h16H,2-12H2,1H3. The fourth-order valence-electron chi connectivity index (χ4n) is 4.36. The Balaban J connectivity index is 1.70. The van der Waals surface area contributed by atoms with Crippen molar-refractivity contribution in [2.24, 2.45) is 10.8 Å². The van der Waals surface area contributed by atoms with Crippen molar-refractivity contribution in [3.05, 3.63) is 0 Å². The Labute approximate surface area is 110 Å². The molecule has 0 aromatic rings. The van der Waals surface area contributed by atoms with E-state index in [0.717, 1.165) is 45.4 Å². The van der Waals surface area contributed by atoms with E-state index in [1.807, 2.05) is 0 Å². The molecule has 1 saturated carbocycles. The highest BCUT2D eigenvalue weighted by Crippen LogP contribution is 2.45. The molecule has 3 nitrogen and oxygen atoms in total. The fraction of sp³-hybridized carbons (Fsp3) is 0.933. The van der Waals surface area contributed by atoms with Gasteiger partial charge in [-0.3, -0.25) is 4.79 Å². The number of hydrogen-bond donors (Lipinski definition) is 1. The number of likely N-dealkylation sites (tertiary alicyclic amines) is 1. The third-order valence-electron chi connectivity index (χ3n) is 5.75. The van der Waals surface area contributed by atoms with Crippen molar-refractivity contribution in [2.45, 2.75) is 51.9 Å². The SMILES string of the molecule is CCC1(C(=O)N2CCC3(CCNC3)C2)CCCC1. The first kappa shape index (κ1) is 12.5. The van der Waals surface area contributed by atoms with Gasteiger partial charge >= 0.3 is 0 Å². The quantitative estimate of drug-likeness (QED) is 0.814. The van der Waals surface area contributed by atoms with Gasteiger partial charge in [0.05, 0.1) is 0 Å². The summed E-state index contributed by atoms with van der Waals surface area (Å²) in [5, 5.41) is 3.47. The van der Waals surface area contributed by atoms with Gasteiger partial charge < -0.3 is 10.2 Å².